The van der Waals surface area contributed by atoms with E-state index in [-0.39, 0.29) is 30.0 Å². The fraction of sp³-hybridized carbons (Fsp3) is 0.357. The number of nitrogens with one attached hydrogen (secondary N) is 1. The van der Waals surface area contributed by atoms with E-state index in [4.69, 9.17) is 5.73 Å². The fourth-order valence-electron chi connectivity index (χ4n) is 3.02. The van der Waals surface area contributed by atoms with Crippen LogP contribution in [0.25, 0.3) is 0 Å². The number of anilines is 1. The Bertz CT molecular complexity index is 668. The maximum atomic E-state index is 12.6. The number of carbonyl (C=O) groups is 3. The third kappa shape index (κ3) is 1.81. The summed E-state index contributed by atoms with van der Waals surface area (Å²) in [6.07, 6.45) is 0.308. The SMILES string of the molecule is CC1(O)c2cccc(N)c2C(=O)N1C1CCC(=O)NC1=O. The lowest BCUT2D eigenvalue weighted by atomic mass is 9.99. The number of piperidine rings is 1. The van der Waals surface area contributed by atoms with Crippen LogP contribution in [0.1, 0.15) is 35.7 Å². The molecule has 2 heterocycles. The van der Waals surface area contributed by atoms with E-state index >= 15 is 0 Å². The van der Waals surface area contributed by atoms with Gasteiger partial charge in [0.2, 0.25) is 11.8 Å². The van der Waals surface area contributed by atoms with Crippen molar-refractivity contribution in [3.8, 4) is 0 Å². The molecule has 21 heavy (non-hydrogen) atoms. The molecule has 7 nitrogen and oxygen atoms in total. The molecule has 3 rings (SSSR count). The molecule has 1 aromatic rings. The molecular weight excluding hydrogens is 274 g/mol. The van der Waals surface area contributed by atoms with Crippen molar-refractivity contribution >= 4 is 23.4 Å². The zero-order valence-corrected chi connectivity index (χ0v) is 11.4. The number of hydrogen-bond donors (Lipinski definition) is 3. The van der Waals surface area contributed by atoms with E-state index in [1.807, 2.05) is 0 Å². The molecule has 0 aliphatic carbocycles. The van der Waals surface area contributed by atoms with Gasteiger partial charge in [-0.2, -0.15) is 0 Å². The molecule has 0 aromatic heterocycles. The highest BCUT2D eigenvalue weighted by molar-refractivity contribution is 6.08. The van der Waals surface area contributed by atoms with Crippen LogP contribution in [-0.2, 0) is 15.3 Å². The number of imide groups is 1. The molecule has 1 saturated heterocycles. The molecule has 2 atom stereocenters. The van der Waals surface area contributed by atoms with E-state index in [0.29, 0.717) is 5.56 Å². The second-order valence-corrected chi connectivity index (χ2v) is 5.43. The highest BCUT2D eigenvalue weighted by Crippen LogP contribution is 2.41. The molecule has 110 valence electrons. The second-order valence-electron chi connectivity index (χ2n) is 5.43. The minimum Gasteiger partial charge on any atom is -0.398 e. The van der Waals surface area contributed by atoms with E-state index in [9.17, 15) is 19.5 Å². The van der Waals surface area contributed by atoms with Gasteiger partial charge in [-0.3, -0.25) is 24.6 Å². The van der Waals surface area contributed by atoms with Gasteiger partial charge in [-0.1, -0.05) is 12.1 Å². The number of carbonyl (C=O) groups excluding carboxylic acids is 3. The average molecular weight is 289 g/mol. The van der Waals surface area contributed by atoms with Crippen LogP contribution in [-0.4, -0.2) is 33.8 Å². The second kappa shape index (κ2) is 4.29. The number of benzene rings is 1. The topological polar surface area (TPSA) is 113 Å². The Kier molecular flexibility index (Phi) is 2.77. The van der Waals surface area contributed by atoms with E-state index in [2.05, 4.69) is 5.32 Å². The number of nitrogens with two attached hydrogens (primary N) is 1. The van der Waals surface area contributed by atoms with E-state index in [1.165, 1.54) is 6.92 Å². The molecule has 3 amide bonds. The van der Waals surface area contributed by atoms with Crippen molar-refractivity contribution in [1.82, 2.24) is 10.2 Å². The summed E-state index contributed by atoms with van der Waals surface area (Å²) in [4.78, 5) is 36.9. The highest BCUT2D eigenvalue weighted by atomic mass is 16.3. The van der Waals surface area contributed by atoms with Crippen molar-refractivity contribution < 1.29 is 19.5 Å². The molecule has 4 N–H and O–H groups in total. The summed E-state index contributed by atoms with van der Waals surface area (Å²) < 4.78 is 0. The van der Waals surface area contributed by atoms with Crippen LogP contribution in [0.2, 0.25) is 0 Å². The Morgan fingerprint density at radius 1 is 1.38 bits per heavy atom. The van der Waals surface area contributed by atoms with Gasteiger partial charge in [0.1, 0.15) is 6.04 Å². The van der Waals surface area contributed by atoms with Crippen LogP contribution in [0.15, 0.2) is 18.2 Å². The first kappa shape index (κ1) is 13.6. The van der Waals surface area contributed by atoms with Crippen molar-refractivity contribution in [2.24, 2.45) is 0 Å². The van der Waals surface area contributed by atoms with Gasteiger partial charge in [-0.15, -0.1) is 0 Å². The molecule has 7 heteroatoms. The summed E-state index contributed by atoms with van der Waals surface area (Å²) in [5.41, 5.74) is 5.03. The Balaban J connectivity index is 2.06. The van der Waals surface area contributed by atoms with Gasteiger partial charge in [0.05, 0.1) is 5.56 Å². The van der Waals surface area contributed by atoms with Crippen molar-refractivity contribution in [2.75, 3.05) is 5.73 Å². The van der Waals surface area contributed by atoms with Gasteiger partial charge in [0.25, 0.3) is 5.91 Å². The number of rotatable bonds is 1. The van der Waals surface area contributed by atoms with Crippen LogP contribution in [0.3, 0.4) is 0 Å². The lowest BCUT2D eigenvalue weighted by molar-refractivity contribution is -0.146. The van der Waals surface area contributed by atoms with Crippen molar-refractivity contribution in [3.05, 3.63) is 29.3 Å². The number of nitrogen functional groups attached to an aromatic ring is 1. The standard InChI is InChI=1S/C14H15N3O4/c1-14(21)7-3-2-4-8(15)11(7)13(20)17(14)9-5-6-10(18)16-12(9)19/h2-4,9,21H,5-6,15H2,1H3,(H,16,18,19). The first-order valence-corrected chi connectivity index (χ1v) is 6.62. The number of nitrogens with zero attached hydrogens (tertiary/aromatic N) is 1. The van der Waals surface area contributed by atoms with Crippen LogP contribution in [0.4, 0.5) is 5.69 Å². The first-order valence-electron chi connectivity index (χ1n) is 6.62. The molecule has 2 unspecified atom stereocenters. The van der Waals surface area contributed by atoms with Crippen LogP contribution in [0.5, 0.6) is 0 Å². The third-order valence-corrected chi connectivity index (χ3v) is 4.03. The van der Waals surface area contributed by atoms with Gasteiger partial charge >= 0.3 is 0 Å². The largest absolute Gasteiger partial charge is 0.398 e. The normalized spacial score (nSPS) is 28.6. The quantitative estimate of drug-likeness (QED) is 0.485. The Labute approximate surface area is 120 Å². The molecule has 1 aromatic carbocycles. The first-order chi connectivity index (χ1) is 9.84. The number of fused-ring (bicyclic) bond motifs is 1. The molecular formula is C14H15N3O4. The Morgan fingerprint density at radius 3 is 2.71 bits per heavy atom. The molecule has 2 aliphatic rings. The Morgan fingerprint density at radius 2 is 2.10 bits per heavy atom. The predicted octanol–water partition coefficient (Wildman–Crippen LogP) is -0.305. The highest BCUT2D eigenvalue weighted by Gasteiger charge is 2.51. The molecule has 0 bridgehead atoms. The average Bonchev–Trinajstić information content (AvgIpc) is 2.60. The summed E-state index contributed by atoms with van der Waals surface area (Å²) in [5.74, 6) is -1.45. The smallest absolute Gasteiger partial charge is 0.259 e. The zero-order valence-electron chi connectivity index (χ0n) is 11.4. The summed E-state index contributed by atoms with van der Waals surface area (Å²) >= 11 is 0. The lowest BCUT2D eigenvalue weighted by Crippen LogP contribution is -2.57. The van der Waals surface area contributed by atoms with E-state index in [1.54, 1.807) is 18.2 Å². The van der Waals surface area contributed by atoms with Crippen LogP contribution >= 0.6 is 0 Å². The van der Waals surface area contributed by atoms with Gasteiger partial charge in [0, 0.05) is 17.7 Å². The van der Waals surface area contributed by atoms with E-state index in [0.717, 1.165) is 4.90 Å². The van der Waals surface area contributed by atoms with Crippen molar-refractivity contribution in [1.29, 1.82) is 0 Å². The maximum absolute atomic E-state index is 12.6. The predicted molar refractivity (Wildman–Crippen MR) is 72.8 cm³/mol. The Hall–Kier alpha value is -2.41. The maximum Gasteiger partial charge on any atom is 0.259 e. The lowest BCUT2D eigenvalue weighted by Gasteiger charge is -2.37. The minimum absolute atomic E-state index is 0.127. The zero-order chi connectivity index (χ0) is 15.4. The van der Waals surface area contributed by atoms with Crippen LogP contribution < -0.4 is 11.1 Å². The summed E-state index contributed by atoms with van der Waals surface area (Å²) in [7, 11) is 0. The molecule has 0 radical (unpaired) electrons. The molecule has 0 spiro atoms. The minimum atomic E-state index is -1.63. The van der Waals surface area contributed by atoms with Crippen LogP contribution in [0, 0.1) is 0 Å². The van der Waals surface area contributed by atoms with Gasteiger partial charge < -0.3 is 10.8 Å². The van der Waals surface area contributed by atoms with Gasteiger partial charge in [-0.05, 0) is 19.4 Å². The van der Waals surface area contributed by atoms with E-state index < -0.39 is 23.6 Å². The molecule has 1 fully saturated rings. The number of amides is 3. The van der Waals surface area contributed by atoms with Gasteiger partial charge in [0.15, 0.2) is 5.72 Å². The number of hydrogen-bond acceptors (Lipinski definition) is 5. The molecule has 0 saturated carbocycles. The van der Waals surface area contributed by atoms with Gasteiger partial charge in [-0.25, -0.2) is 0 Å². The summed E-state index contributed by atoms with van der Waals surface area (Å²) in [6.45, 7) is 1.44. The fourth-order valence-corrected chi connectivity index (χ4v) is 3.02. The summed E-state index contributed by atoms with van der Waals surface area (Å²) in [6, 6.07) is 3.93. The van der Waals surface area contributed by atoms with Crippen molar-refractivity contribution in [2.45, 2.75) is 31.5 Å². The summed E-state index contributed by atoms with van der Waals surface area (Å²) in [5, 5.41) is 12.9. The number of aliphatic hydroxyl groups is 1. The molecule has 2 aliphatic heterocycles. The monoisotopic (exact) mass is 289 g/mol. The third-order valence-electron chi connectivity index (χ3n) is 4.03. The van der Waals surface area contributed by atoms with Crippen molar-refractivity contribution in [3.63, 3.8) is 0 Å².